The van der Waals surface area contributed by atoms with Crippen LogP contribution in [-0.2, 0) is 10.0 Å². The number of anilines is 1. The monoisotopic (exact) mass is 331 g/mol. The van der Waals surface area contributed by atoms with Crippen LogP contribution >= 0.6 is 15.9 Å². The lowest BCUT2D eigenvalue weighted by atomic mass is 10.2. The van der Waals surface area contributed by atoms with Gasteiger partial charge in [-0.15, -0.1) is 0 Å². The molecule has 0 atom stereocenters. The van der Waals surface area contributed by atoms with Crippen LogP contribution in [0.3, 0.4) is 0 Å². The maximum atomic E-state index is 12.1. The molecule has 0 fully saturated rings. The van der Waals surface area contributed by atoms with E-state index in [9.17, 15) is 8.42 Å². The molecule has 0 unspecified atom stereocenters. The molecule has 2 aromatic rings. The van der Waals surface area contributed by atoms with Crippen molar-refractivity contribution in [3.63, 3.8) is 0 Å². The van der Waals surface area contributed by atoms with E-state index in [1.165, 1.54) is 6.07 Å². The lowest BCUT2D eigenvalue weighted by molar-refractivity contribution is 0.429. The molecule has 0 aliphatic rings. The summed E-state index contributed by atoms with van der Waals surface area (Å²) in [5.41, 5.74) is 0.627. The van der Waals surface area contributed by atoms with Crippen LogP contribution in [0.1, 0.15) is 11.4 Å². The summed E-state index contributed by atoms with van der Waals surface area (Å²) in [6, 6.07) is 4.84. The predicted octanol–water partition coefficient (Wildman–Crippen LogP) is 2.25. The number of aromatic nitrogens is 2. The average molecular weight is 332 g/mol. The first-order chi connectivity index (χ1) is 8.38. The van der Waals surface area contributed by atoms with Gasteiger partial charge in [0.1, 0.15) is 0 Å². The molecule has 8 heteroatoms. The van der Waals surface area contributed by atoms with Crippen molar-refractivity contribution in [3.05, 3.63) is 34.1 Å². The first-order valence-corrected chi connectivity index (χ1v) is 7.25. The standard InChI is InChI=1S/C10H10BrN3O3S/c1-6-3-4-8(11)5-9(6)18(15,16)14-10-12-7(2)13-17-10/h3-5H,1-2H3,(H,12,13,14). The fourth-order valence-corrected chi connectivity index (χ4v) is 3.08. The first-order valence-electron chi connectivity index (χ1n) is 4.98. The molecule has 1 heterocycles. The van der Waals surface area contributed by atoms with Gasteiger partial charge in [-0.05, 0) is 31.5 Å². The van der Waals surface area contributed by atoms with Crippen LogP contribution < -0.4 is 4.72 Å². The Kier molecular flexibility index (Phi) is 3.40. The topological polar surface area (TPSA) is 85.1 Å². The van der Waals surface area contributed by atoms with E-state index < -0.39 is 10.0 Å². The normalized spacial score (nSPS) is 11.5. The van der Waals surface area contributed by atoms with E-state index in [-0.39, 0.29) is 10.9 Å². The number of aryl methyl sites for hydroxylation is 2. The van der Waals surface area contributed by atoms with Gasteiger partial charge in [0.25, 0.3) is 10.0 Å². The summed E-state index contributed by atoms with van der Waals surface area (Å²) >= 11 is 3.23. The van der Waals surface area contributed by atoms with Crippen molar-refractivity contribution in [2.45, 2.75) is 18.7 Å². The Morgan fingerprint density at radius 1 is 1.33 bits per heavy atom. The largest absolute Gasteiger partial charge is 0.335 e. The van der Waals surface area contributed by atoms with Gasteiger partial charge >= 0.3 is 6.01 Å². The quantitative estimate of drug-likeness (QED) is 0.932. The van der Waals surface area contributed by atoms with E-state index in [4.69, 9.17) is 4.52 Å². The first kappa shape index (κ1) is 13.0. The Morgan fingerprint density at radius 3 is 2.67 bits per heavy atom. The van der Waals surface area contributed by atoms with Crippen molar-refractivity contribution in [2.24, 2.45) is 0 Å². The Morgan fingerprint density at radius 2 is 2.06 bits per heavy atom. The Bertz CT molecular complexity index is 681. The van der Waals surface area contributed by atoms with Crippen LogP contribution in [0.4, 0.5) is 6.01 Å². The summed E-state index contributed by atoms with van der Waals surface area (Å²) in [4.78, 5) is 3.95. The smallest absolute Gasteiger partial charge is 0.314 e. The van der Waals surface area contributed by atoms with Gasteiger partial charge in [0, 0.05) is 4.47 Å². The van der Waals surface area contributed by atoms with Crippen LogP contribution in [0.2, 0.25) is 0 Å². The zero-order valence-corrected chi connectivity index (χ0v) is 12.0. The van der Waals surface area contributed by atoms with Crippen molar-refractivity contribution in [1.82, 2.24) is 10.1 Å². The average Bonchev–Trinajstić information content (AvgIpc) is 2.66. The van der Waals surface area contributed by atoms with Crippen molar-refractivity contribution in [3.8, 4) is 0 Å². The number of halogens is 1. The molecule has 1 N–H and O–H groups in total. The molecule has 1 aromatic carbocycles. The zero-order chi connectivity index (χ0) is 13.3. The molecule has 0 saturated heterocycles. The molecule has 0 bridgehead atoms. The van der Waals surface area contributed by atoms with Crippen molar-refractivity contribution in [2.75, 3.05) is 4.72 Å². The molecule has 96 valence electrons. The fourth-order valence-electron chi connectivity index (χ4n) is 1.37. The van der Waals surface area contributed by atoms with Crippen LogP contribution in [0, 0.1) is 13.8 Å². The SMILES string of the molecule is Cc1noc(NS(=O)(=O)c2cc(Br)ccc2C)n1. The van der Waals surface area contributed by atoms with Gasteiger partial charge in [-0.3, -0.25) is 0 Å². The third kappa shape index (κ3) is 2.70. The van der Waals surface area contributed by atoms with Gasteiger partial charge in [-0.25, -0.2) is 13.1 Å². The van der Waals surface area contributed by atoms with Gasteiger partial charge in [-0.1, -0.05) is 27.2 Å². The van der Waals surface area contributed by atoms with Crippen LogP contribution in [0.5, 0.6) is 0 Å². The van der Waals surface area contributed by atoms with E-state index >= 15 is 0 Å². The molecule has 18 heavy (non-hydrogen) atoms. The number of sulfonamides is 1. The summed E-state index contributed by atoms with van der Waals surface area (Å²) in [7, 11) is -3.73. The Hall–Kier alpha value is -1.41. The highest BCUT2D eigenvalue weighted by Gasteiger charge is 2.20. The van der Waals surface area contributed by atoms with Gasteiger partial charge in [0.05, 0.1) is 4.90 Å². The van der Waals surface area contributed by atoms with Gasteiger partial charge in [0.15, 0.2) is 5.82 Å². The fraction of sp³-hybridized carbons (Fsp3) is 0.200. The third-order valence-corrected chi connectivity index (χ3v) is 4.14. The number of hydrogen-bond donors (Lipinski definition) is 1. The molecule has 6 nitrogen and oxygen atoms in total. The highest BCUT2D eigenvalue weighted by atomic mass is 79.9. The van der Waals surface area contributed by atoms with Crippen molar-refractivity contribution >= 4 is 32.0 Å². The maximum absolute atomic E-state index is 12.1. The molecule has 2 rings (SSSR count). The number of nitrogens with one attached hydrogen (secondary N) is 1. The summed E-state index contributed by atoms with van der Waals surface area (Å²) in [5, 5.41) is 3.51. The van der Waals surface area contributed by atoms with Gasteiger partial charge < -0.3 is 4.52 Å². The number of benzene rings is 1. The van der Waals surface area contributed by atoms with Crippen LogP contribution in [-0.4, -0.2) is 18.6 Å². The van der Waals surface area contributed by atoms with Gasteiger partial charge in [0.2, 0.25) is 0 Å². The molecule has 0 aliphatic carbocycles. The molecular formula is C10H10BrN3O3S. The second kappa shape index (κ2) is 4.69. The van der Waals surface area contributed by atoms with Crippen LogP contribution in [0.15, 0.2) is 32.1 Å². The zero-order valence-electron chi connectivity index (χ0n) is 9.64. The lowest BCUT2D eigenvalue weighted by Gasteiger charge is -2.07. The van der Waals surface area contributed by atoms with E-state index in [1.807, 2.05) is 0 Å². The molecule has 0 aliphatic heterocycles. The molecule has 0 amide bonds. The molecule has 0 radical (unpaired) electrons. The third-order valence-electron chi connectivity index (χ3n) is 2.19. The highest BCUT2D eigenvalue weighted by molar-refractivity contribution is 9.10. The summed E-state index contributed by atoms with van der Waals surface area (Å²) in [6.07, 6.45) is 0. The minimum Gasteiger partial charge on any atom is -0.314 e. The minimum absolute atomic E-state index is 0.146. The number of hydrogen-bond acceptors (Lipinski definition) is 5. The number of nitrogens with zero attached hydrogens (tertiary/aromatic N) is 2. The van der Waals surface area contributed by atoms with Crippen molar-refractivity contribution < 1.29 is 12.9 Å². The Labute approximate surface area is 113 Å². The molecule has 0 saturated carbocycles. The van der Waals surface area contributed by atoms with E-state index in [1.54, 1.807) is 26.0 Å². The van der Waals surface area contributed by atoms with E-state index in [2.05, 4.69) is 30.8 Å². The van der Waals surface area contributed by atoms with Crippen LogP contribution in [0.25, 0.3) is 0 Å². The van der Waals surface area contributed by atoms with E-state index in [0.29, 0.717) is 15.9 Å². The lowest BCUT2D eigenvalue weighted by Crippen LogP contribution is -2.14. The van der Waals surface area contributed by atoms with E-state index in [0.717, 1.165) is 0 Å². The minimum atomic E-state index is -3.73. The second-order valence-corrected chi connectivity index (χ2v) is 6.23. The highest BCUT2D eigenvalue weighted by Crippen LogP contribution is 2.22. The number of rotatable bonds is 3. The molecule has 1 aromatic heterocycles. The summed E-state index contributed by atoms with van der Waals surface area (Å²) in [5.74, 6) is 0.360. The Balaban J connectivity index is 2.39. The summed E-state index contributed by atoms with van der Waals surface area (Å²) < 4.78 is 31.9. The summed E-state index contributed by atoms with van der Waals surface area (Å²) in [6.45, 7) is 3.31. The second-order valence-electron chi connectivity index (χ2n) is 3.66. The maximum Gasteiger partial charge on any atom is 0.335 e. The molecule has 0 spiro atoms. The van der Waals surface area contributed by atoms with Crippen molar-refractivity contribution in [1.29, 1.82) is 0 Å². The van der Waals surface area contributed by atoms with Gasteiger partial charge in [-0.2, -0.15) is 4.98 Å². The molecular weight excluding hydrogens is 322 g/mol. The predicted molar refractivity (Wildman–Crippen MR) is 68.7 cm³/mol.